The third kappa shape index (κ3) is 4.37. The van der Waals surface area contributed by atoms with Gasteiger partial charge in [0.05, 0.1) is 12.5 Å². The minimum Gasteiger partial charge on any atom is -0.339 e. The van der Waals surface area contributed by atoms with Gasteiger partial charge in [0.1, 0.15) is 5.82 Å². The van der Waals surface area contributed by atoms with Gasteiger partial charge in [0, 0.05) is 32.0 Å². The first-order chi connectivity index (χ1) is 12.0. The van der Waals surface area contributed by atoms with Gasteiger partial charge in [0.25, 0.3) is 0 Å². The smallest absolute Gasteiger partial charge is 0.317 e. The molecule has 1 aliphatic heterocycles. The number of carbonyl (C=O) groups is 1. The van der Waals surface area contributed by atoms with E-state index >= 15 is 0 Å². The molecule has 0 bridgehead atoms. The quantitative estimate of drug-likeness (QED) is 0.897. The molecule has 0 radical (unpaired) electrons. The van der Waals surface area contributed by atoms with E-state index in [4.69, 9.17) is 4.52 Å². The van der Waals surface area contributed by atoms with E-state index in [9.17, 15) is 4.79 Å². The lowest BCUT2D eigenvalue weighted by molar-refractivity contribution is 0.171. The van der Waals surface area contributed by atoms with E-state index in [0.29, 0.717) is 30.7 Å². The van der Waals surface area contributed by atoms with Gasteiger partial charge in [-0.3, -0.25) is 0 Å². The predicted octanol–water partition coefficient (Wildman–Crippen LogP) is 2.32. The number of rotatable bonds is 5. The van der Waals surface area contributed by atoms with E-state index in [0.717, 1.165) is 31.8 Å². The molecule has 1 saturated heterocycles. The van der Waals surface area contributed by atoms with Crippen molar-refractivity contribution in [1.29, 1.82) is 0 Å². The van der Waals surface area contributed by atoms with Crippen molar-refractivity contribution in [3.05, 3.63) is 29.9 Å². The Hall–Kier alpha value is -2.38. The molecule has 8 heteroatoms. The van der Waals surface area contributed by atoms with E-state index in [1.54, 1.807) is 13.1 Å². The molecule has 0 unspecified atom stereocenters. The number of carbonyl (C=O) groups excluding carboxylic acids is 1. The van der Waals surface area contributed by atoms with Crippen LogP contribution in [0.1, 0.15) is 50.1 Å². The van der Waals surface area contributed by atoms with Gasteiger partial charge in [-0.1, -0.05) is 19.0 Å². The molecule has 136 valence electrons. The number of piperidine rings is 1. The van der Waals surface area contributed by atoms with Crippen LogP contribution in [0.25, 0.3) is 0 Å². The Morgan fingerprint density at radius 3 is 3.04 bits per heavy atom. The number of aryl methyl sites for hydroxylation is 1. The second kappa shape index (κ2) is 7.67. The van der Waals surface area contributed by atoms with E-state index in [1.807, 2.05) is 11.1 Å². The first kappa shape index (κ1) is 17.4. The molecular formula is C17H26N6O2. The summed E-state index contributed by atoms with van der Waals surface area (Å²) < 4.78 is 7.36. The average Bonchev–Trinajstić information content (AvgIpc) is 3.21. The lowest BCUT2D eigenvalue weighted by Crippen LogP contribution is -2.45. The van der Waals surface area contributed by atoms with Crippen LogP contribution in [0.15, 0.2) is 16.9 Å². The van der Waals surface area contributed by atoms with E-state index in [1.165, 1.54) is 0 Å². The van der Waals surface area contributed by atoms with Crippen LogP contribution in [0.2, 0.25) is 0 Å². The lowest BCUT2D eigenvalue weighted by atomic mass is 9.98. The summed E-state index contributed by atoms with van der Waals surface area (Å²) in [6, 6.07) is -0.0694. The zero-order chi connectivity index (χ0) is 17.8. The Labute approximate surface area is 147 Å². The van der Waals surface area contributed by atoms with Crippen LogP contribution in [-0.4, -0.2) is 43.7 Å². The highest BCUT2D eigenvalue weighted by molar-refractivity contribution is 5.74. The van der Waals surface area contributed by atoms with Gasteiger partial charge in [-0.2, -0.15) is 4.98 Å². The normalized spacial score (nSPS) is 17.9. The highest BCUT2D eigenvalue weighted by Crippen LogP contribution is 2.25. The molecular weight excluding hydrogens is 320 g/mol. The Balaban J connectivity index is 1.55. The summed E-state index contributed by atoms with van der Waals surface area (Å²) in [5.41, 5.74) is 0. The summed E-state index contributed by atoms with van der Waals surface area (Å²) in [6.07, 6.45) is 5.63. The Morgan fingerprint density at radius 1 is 1.48 bits per heavy atom. The molecule has 0 aliphatic carbocycles. The molecule has 3 heterocycles. The zero-order valence-corrected chi connectivity index (χ0v) is 15.1. The van der Waals surface area contributed by atoms with Gasteiger partial charge >= 0.3 is 6.03 Å². The number of nitrogens with zero attached hydrogens (tertiary/aromatic N) is 5. The molecule has 2 amide bonds. The first-order valence-electron chi connectivity index (χ1n) is 8.86. The molecule has 1 fully saturated rings. The minimum absolute atomic E-state index is 0.0694. The number of imidazole rings is 1. The van der Waals surface area contributed by atoms with Crippen molar-refractivity contribution < 1.29 is 9.32 Å². The van der Waals surface area contributed by atoms with Crippen LogP contribution in [0.5, 0.6) is 0 Å². The first-order valence-corrected chi connectivity index (χ1v) is 8.86. The molecule has 8 nitrogen and oxygen atoms in total. The van der Waals surface area contributed by atoms with Crippen LogP contribution in [-0.2, 0) is 13.1 Å². The summed E-state index contributed by atoms with van der Waals surface area (Å²) in [7, 11) is 0. The van der Waals surface area contributed by atoms with Crippen LogP contribution < -0.4 is 5.32 Å². The molecule has 0 aromatic carbocycles. The van der Waals surface area contributed by atoms with Gasteiger partial charge in [-0.25, -0.2) is 9.78 Å². The third-order valence-electron chi connectivity index (χ3n) is 4.36. The molecule has 25 heavy (non-hydrogen) atoms. The summed E-state index contributed by atoms with van der Waals surface area (Å²) in [5, 5.41) is 6.83. The fourth-order valence-corrected chi connectivity index (χ4v) is 3.18. The molecule has 0 saturated carbocycles. The number of nitrogens with one attached hydrogen (secondary N) is 1. The van der Waals surface area contributed by atoms with Crippen LogP contribution in [0, 0.1) is 12.8 Å². The maximum atomic E-state index is 12.5. The van der Waals surface area contributed by atoms with Gasteiger partial charge in [0.15, 0.2) is 5.82 Å². The van der Waals surface area contributed by atoms with E-state index in [2.05, 4.69) is 38.9 Å². The predicted molar refractivity (Wildman–Crippen MR) is 91.9 cm³/mol. The lowest BCUT2D eigenvalue weighted by Gasteiger charge is -2.31. The second-order valence-corrected chi connectivity index (χ2v) is 7.01. The van der Waals surface area contributed by atoms with Gasteiger partial charge < -0.3 is 19.3 Å². The van der Waals surface area contributed by atoms with Crippen molar-refractivity contribution in [3.8, 4) is 0 Å². The third-order valence-corrected chi connectivity index (χ3v) is 4.36. The Kier molecular flexibility index (Phi) is 5.35. The SMILES string of the molecule is Cc1noc([C@H]2CCCN(C(=O)NCc3nccn3CC(C)C)C2)n1. The zero-order valence-electron chi connectivity index (χ0n) is 15.1. The van der Waals surface area contributed by atoms with Crippen LogP contribution in [0.4, 0.5) is 4.79 Å². The molecule has 2 aromatic rings. The second-order valence-electron chi connectivity index (χ2n) is 7.01. The number of amides is 2. The summed E-state index contributed by atoms with van der Waals surface area (Å²) in [6.45, 7) is 8.81. The average molecular weight is 346 g/mol. The Bertz CT molecular complexity index is 708. The van der Waals surface area contributed by atoms with E-state index in [-0.39, 0.29) is 11.9 Å². The maximum absolute atomic E-state index is 12.5. The van der Waals surface area contributed by atoms with Gasteiger partial charge in [-0.15, -0.1) is 0 Å². The molecule has 1 N–H and O–H groups in total. The monoisotopic (exact) mass is 346 g/mol. The van der Waals surface area contributed by atoms with Crippen molar-refractivity contribution in [2.75, 3.05) is 13.1 Å². The topological polar surface area (TPSA) is 89.1 Å². The van der Waals surface area contributed by atoms with Crippen molar-refractivity contribution in [3.63, 3.8) is 0 Å². The van der Waals surface area contributed by atoms with Crippen molar-refractivity contribution in [1.82, 2.24) is 29.9 Å². The summed E-state index contributed by atoms with van der Waals surface area (Å²) in [4.78, 5) is 23.0. The van der Waals surface area contributed by atoms with Crippen molar-refractivity contribution in [2.24, 2.45) is 5.92 Å². The molecule has 3 rings (SSSR count). The van der Waals surface area contributed by atoms with E-state index < -0.39 is 0 Å². The van der Waals surface area contributed by atoms with Crippen molar-refractivity contribution in [2.45, 2.75) is 52.6 Å². The van der Waals surface area contributed by atoms with Gasteiger partial charge in [0.2, 0.25) is 5.89 Å². The minimum atomic E-state index is -0.0694. The van der Waals surface area contributed by atoms with Crippen LogP contribution >= 0.6 is 0 Å². The summed E-state index contributed by atoms with van der Waals surface area (Å²) >= 11 is 0. The fourth-order valence-electron chi connectivity index (χ4n) is 3.18. The number of hydrogen-bond acceptors (Lipinski definition) is 5. The number of likely N-dealkylation sites (tertiary alicyclic amines) is 1. The number of aromatic nitrogens is 4. The number of hydrogen-bond donors (Lipinski definition) is 1. The maximum Gasteiger partial charge on any atom is 0.317 e. The Morgan fingerprint density at radius 2 is 2.32 bits per heavy atom. The standard InChI is InChI=1S/C17H26N6O2/c1-12(2)10-22-8-6-18-15(22)9-19-17(24)23-7-4-5-14(11-23)16-20-13(3)21-25-16/h6,8,12,14H,4-5,7,9-11H2,1-3H3,(H,19,24)/t14-/m0/s1. The largest absolute Gasteiger partial charge is 0.339 e. The van der Waals surface area contributed by atoms with Gasteiger partial charge in [-0.05, 0) is 25.7 Å². The highest BCUT2D eigenvalue weighted by Gasteiger charge is 2.28. The van der Waals surface area contributed by atoms with Crippen molar-refractivity contribution >= 4 is 6.03 Å². The van der Waals surface area contributed by atoms with Crippen LogP contribution in [0.3, 0.4) is 0 Å². The molecule has 1 atom stereocenters. The molecule has 1 aliphatic rings. The number of urea groups is 1. The molecule has 0 spiro atoms. The highest BCUT2D eigenvalue weighted by atomic mass is 16.5. The molecule has 2 aromatic heterocycles. The summed E-state index contributed by atoms with van der Waals surface area (Å²) in [5.74, 6) is 2.78. The fraction of sp³-hybridized carbons (Fsp3) is 0.647.